The summed E-state index contributed by atoms with van der Waals surface area (Å²) in [5, 5.41) is 14.3. The number of rotatable bonds is 3. The lowest BCUT2D eigenvalue weighted by atomic mass is 10.2. The molecule has 1 rings (SSSR count). The summed E-state index contributed by atoms with van der Waals surface area (Å²) in [5.74, 6) is -0.268. The van der Waals surface area contributed by atoms with Crippen molar-refractivity contribution in [1.29, 1.82) is 0 Å². The SMILES string of the molecule is CC(Nc1ccc(F)cc1Br)C(N)=NO. The lowest BCUT2D eigenvalue weighted by Gasteiger charge is -2.14. The van der Waals surface area contributed by atoms with E-state index in [1.54, 1.807) is 13.0 Å². The predicted molar refractivity (Wildman–Crippen MR) is 60.6 cm³/mol. The van der Waals surface area contributed by atoms with Crippen molar-refractivity contribution in [3.63, 3.8) is 0 Å². The molecule has 4 N–H and O–H groups in total. The molecule has 82 valence electrons. The van der Waals surface area contributed by atoms with Crippen LogP contribution < -0.4 is 11.1 Å². The molecule has 0 fully saturated rings. The first-order valence-electron chi connectivity index (χ1n) is 4.23. The summed E-state index contributed by atoms with van der Waals surface area (Å²) >= 11 is 3.20. The van der Waals surface area contributed by atoms with Gasteiger partial charge in [0.15, 0.2) is 5.84 Å². The molecule has 4 nitrogen and oxygen atoms in total. The van der Waals surface area contributed by atoms with E-state index in [2.05, 4.69) is 26.4 Å². The van der Waals surface area contributed by atoms with Crippen molar-refractivity contribution in [2.75, 3.05) is 5.32 Å². The number of benzene rings is 1. The monoisotopic (exact) mass is 275 g/mol. The van der Waals surface area contributed by atoms with Crippen LogP contribution >= 0.6 is 15.9 Å². The lowest BCUT2D eigenvalue weighted by molar-refractivity contribution is 0.316. The zero-order valence-corrected chi connectivity index (χ0v) is 9.62. The molecule has 0 heterocycles. The first-order valence-corrected chi connectivity index (χ1v) is 5.03. The fourth-order valence-corrected chi connectivity index (χ4v) is 1.47. The molecule has 0 aromatic heterocycles. The number of hydrogen-bond acceptors (Lipinski definition) is 3. The van der Waals surface area contributed by atoms with E-state index < -0.39 is 0 Å². The van der Waals surface area contributed by atoms with E-state index >= 15 is 0 Å². The highest BCUT2D eigenvalue weighted by atomic mass is 79.9. The summed E-state index contributed by atoms with van der Waals surface area (Å²) in [6.45, 7) is 1.73. The normalized spacial score (nSPS) is 13.7. The van der Waals surface area contributed by atoms with Crippen LogP contribution in [0, 0.1) is 5.82 Å². The number of nitrogens with one attached hydrogen (secondary N) is 1. The third-order valence-electron chi connectivity index (χ3n) is 1.86. The van der Waals surface area contributed by atoms with Gasteiger partial charge in [-0.15, -0.1) is 0 Å². The van der Waals surface area contributed by atoms with E-state index in [1.807, 2.05) is 0 Å². The molecule has 1 unspecified atom stereocenters. The van der Waals surface area contributed by atoms with Crippen molar-refractivity contribution >= 4 is 27.5 Å². The summed E-state index contributed by atoms with van der Waals surface area (Å²) in [6, 6.07) is 3.89. The van der Waals surface area contributed by atoms with Gasteiger partial charge in [0.25, 0.3) is 0 Å². The second kappa shape index (κ2) is 4.97. The standard InChI is InChI=1S/C9H11BrFN3O/c1-5(9(12)14-15)13-8-3-2-6(11)4-7(8)10/h2-5,13,15H,1H3,(H2,12,14). The molecule has 0 aliphatic heterocycles. The molecule has 15 heavy (non-hydrogen) atoms. The number of nitrogens with zero attached hydrogens (tertiary/aromatic N) is 1. The number of hydrogen-bond donors (Lipinski definition) is 3. The molecule has 0 radical (unpaired) electrons. The Morgan fingerprint density at radius 3 is 2.87 bits per heavy atom. The third-order valence-corrected chi connectivity index (χ3v) is 2.52. The minimum Gasteiger partial charge on any atom is -0.409 e. The fraction of sp³-hybridized carbons (Fsp3) is 0.222. The lowest BCUT2D eigenvalue weighted by Crippen LogP contribution is -2.33. The molecule has 0 saturated carbocycles. The molecule has 0 spiro atoms. The molecule has 0 saturated heterocycles. The topological polar surface area (TPSA) is 70.6 Å². The van der Waals surface area contributed by atoms with Gasteiger partial charge in [-0.2, -0.15) is 0 Å². The molecule has 1 aromatic carbocycles. The molecule has 0 bridgehead atoms. The van der Waals surface area contributed by atoms with Crippen molar-refractivity contribution in [2.24, 2.45) is 10.9 Å². The van der Waals surface area contributed by atoms with Crippen molar-refractivity contribution in [1.82, 2.24) is 0 Å². The van der Waals surface area contributed by atoms with Gasteiger partial charge < -0.3 is 16.3 Å². The number of amidine groups is 1. The highest BCUT2D eigenvalue weighted by Gasteiger charge is 2.09. The zero-order chi connectivity index (χ0) is 11.4. The van der Waals surface area contributed by atoms with Crippen LogP contribution in [0.25, 0.3) is 0 Å². The van der Waals surface area contributed by atoms with Crippen LogP contribution in [0.3, 0.4) is 0 Å². The molecule has 0 aliphatic carbocycles. The molecule has 0 aliphatic rings. The van der Waals surface area contributed by atoms with E-state index in [-0.39, 0.29) is 17.7 Å². The maximum atomic E-state index is 12.8. The van der Waals surface area contributed by atoms with Gasteiger partial charge in [-0.1, -0.05) is 5.16 Å². The van der Waals surface area contributed by atoms with E-state index in [0.29, 0.717) is 10.2 Å². The zero-order valence-electron chi connectivity index (χ0n) is 8.04. The minimum atomic E-state index is -0.336. The van der Waals surface area contributed by atoms with Crippen molar-refractivity contribution in [3.8, 4) is 0 Å². The quantitative estimate of drug-likeness (QED) is 0.343. The maximum Gasteiger partial charge on any atom is 0.161 e. The van der Waals surface area contributed by atoms with Crippen LogP contribution in [0.2, 0.25) is 0 Å². The van der Waals surface area contributed by atoms with Crippen molar-refractivity contribution in [3.05, 3.63) is 28.5 Å². The Bertz CT molecular complexity index is 384. The Hall–Kier alpha value is -1.30. The Labute approximate surface area is 95.1 Å². The summed E-state index contributed by atoms with van der Waals surface area (Å²) in [5.41, 5.74) is 6.07. The van der Waals surface area contributed by atoms with Crippen molar-refractivity contribution < 1.29 is 9.60 Å². The maximum absolute atomic E-state index is 12.8. The number of halogens is 2. The van der Waals surface area contributed by atoms with Gasteiger partial charge in [-0.05, 0) is 41.1 Å². The second-order valence-corrected chi connectivity index (χ2v) is 3.87. The highest BCUT2D eigenvalue weighted by Crippen LogP contribution is 2.23. The van der Waals surface area contributed by atoms with Crippen molar-refractivity contribution in [2.45, 2.75) is 13.0 Å². The minimum absolute atomic E-state index is 0.0613. The smallest absolute Gasteiger partial charge is 0.161 e. The van der Waals surface area contributed by atoms with E-state index in [1.165, 1.54) is 12.1 Å². The van der Waals surface area contributed by atoms with Gasteiger partial charge in [-0.3, -0.25) is 0 Å². The Morgan fingerprint density at radius 2 is 2.33 bits per heavy atom. The first-order chi connectivity index (χ1) is 7.04. The predicted octanol–water partition coefficient (Wildman–Crippen LogP) is 2.13. The number of nitrogens with two attached hydrogens (primary N) is 1. The average Bonchev–Trinajstić information content (AvgIpc) is 2.20. The summed E-state index contributed by atoms with van der Waals surface area (Å²) in [7, 11) is 0. The Kier molecular flexibility index (Phi) is 3.90. The summed E-state index contributed by atoms with van der Waals surface area (Å²) in [6.07, 6.45) is 0. The molecule has 0 amide bonds. The second-order valence-electron chi connectivity index (χ2n) is 3.02. The highest BCUT2D eigenvalue weighted by molar-refractivity contribution is 9.10. The van der Waals surface area contributed by atoms with Crippen LogP contribution in [-0.4, -0.2) is 17.1 Å². The van der Waals surface area contributed by atoms with Gasteiger partial charge in [0.1, 0.15) is 5.82 Å². The van der Waals surface area contributed by atoms with E-state index in [9.17, 15) is 4.39 Å². The van der Waals surface area contributed by atoms with Gasteiger partial charge in [0.2, 0.25) is 0 Å². The van der Waals surface area contributed by atoms with E-state index in [0.717, 1.165) is 0 Å². The number of oxime groups is 1. The Balaban J connectivity index is 2.81. The van der Waals surface area contributed by atoms with Gasteiger partial charge in [0, 0.05) is 10.2 Å². The number of anilines is 1. The molecule has 1 atom stereocenters. The fourth-order valence-electron chi connectivity index (χ4n) is 1.00. The first kappa shape index (κ1) is 11.8. The van der Waals surface area contributed by atoms with E-state index in [4.69, 9.17) is 10.9 Å². The van der Waals surface area contributed by atoms with Crippen LogP contribution in [-0.2, 0) is 0 Å². The van der Waals surface area contributed by atoms with Crippen LogP contribution in [0.5, 0.6) is 0 Å². The molecular weight excluding hydrogens is 265 g/mol. The van der Waals surface area contributed by atoms with Crippen LogP contribution in [0.4, 0.5) is 10.1 Å². The van der Waals surface area contributed by atoms with Gasteiger partial charge in [-0.25, -0.2) is 4.39 Å². The third kappa shape index (κ3) is 3.09. The van der Waals surface area contributed by atoms with Gasteiger partial charge in [0.05, 0.1) is 6.04 Å². The molecule has 1 aromatic rings. The molecule has 6 heteroatoms. The summed E-state index contributed by atoms with van der Waals surface area (Å²) < 4.78 is 13.3. The summed E-state index contributed by atoms with van der Waals surface area (Å²) in [4.78, 5) is 0. The van der Waals surface area contributed by atoms with Gasteiger partial charge >= 0.3 is 0 Å². The molecular formula is C9H11BrFN3O. The van der Waals surface area contributed by atoms with Crippen LogP contribution in [0.15, 0.2) is 27.8 Å². The Morgan fingerprint density at radius 1 is 1.67 bits per heavy atom. The average molecular weight is 276 g/mol. The largest absolute Gasteiger partial charge is 0.409 e. The van der Waals surface area contributed by atoms with Crippen LogP contribution in [0.1, 0.15) is 6.92 Å².